The van der Waals surface area contributed by atoms with Gasteiger partial charge in [-0.1, -0.05) is 18.2 Å². The first-order valence-corrected chi connectivity index (χ1v) is 5.86. The second kappa shape index (κ2) is 5.84. The summed E-state index contributed by atoms with van der Waals surface area (Å²) < 4.78 is 12.9. The van der Waals surface area contributed by atoms with E-state index in [0.29, 0.717) is 11.1 Å². The summed E-state index contributed by atoms with van der Waals surface area (Å²) in [5.74, 6) is -0.867. The molecule has 0 amide bonds. The maximum Gasteiger partial charge on any atom is 0.311 e. The van der Waals surface area contributed by atoms with Crippen LogP contribution in [0.15, 0.2) is 42.5 Å². The van der Waals surface area contributed by atoms with E-state index in [-0.39, 0.29) is 5.57 Å². The third kappa shape index (κ3) is 3.22. The van der Waals surface area contributed by atoms with Gasteiger partial charge in [0, 0.05) is 6.07 Å². The number of benzene rings is 2. The summed E-state index contributed by atoms with van der Waals surface area (Å²) in [5, 5.41) is 29.3. The third-order valence-electron chi connectivity index (χ3n) is 2.78. The van der Waals surface area contributed by atoms with Crippen molar-refractivity contribution in [1.29, 1.82) is 5.26 Å². The van der Waals surface area contributed by atoms with Crippen molar-refractivity contribution >= 4 is 17.3 Å². The molecular formula is C15H9FN2O3. The Morgan fingerprint density at radius 1 is 1.29 bits per heavy atom. The summed E-state index contributed by atoms with van der Waals surface area (Å²) >= 11 is 0. The highest BCUT2D eigenvalue weighted by molar-refractivity contribution is 5.89. The molecule has 0 saturated heterocycles. The lowest BCUT2D eigenvalue weighted by molar-refractivity contribution is -0.385. The average Bonchev–Trinajstić information content (AvgIpc) is 2.47. The van der Waals surface area contributed by atoms with Gasteiger partial charge in [-0.05, 0) is 35.4 Å². The quantitative estimate of drug-likeness (QED) is 0.404. The minimum Gasteiger partial charge on any atom is -0.502 e. The lowest BCUT2D eigenvalue weighted by Crippen LogP contribution is -1.89. The van der Waals surface area contributed by atoms with E-state index >= 15 is 0 Å². The molecule has 21 heavy (non-hydrogen) atoms. The number of nitrogens with zero attached hydrogens (tertiary/aromatic N) is 2. The molecule has 0 unspecified atom stereocenters. The molecular weight excluding hydrogens is 275 g/mol. The topological polar surface area (TPSA) is 87.2 Å². The van der Waals surface area contributed by atoms with Gasteiger partial charge in [-0.15, -0.1) is 0 Å². The number of hydrogen-bond donors (Lipinski definition) is 1. The smallest absolute Gasteiger partial charge is 0.311 e. The van der Waals surface area contributed by atoms with Crippen molar-refractivity contribution in [2.75, 3.05) is 0 Å². The number of nitro benzene ring substituents is 1. The minimum atomic E-state index is -0.712. The SMILES string of the molecule is N#C/C(=C/c1ccc(O)c([N+](=O)[O-])c1)c1ccc(F)cc1. The van der Waals surface area contributed by atoms with Crippen molar-refractivity contribution in [3.8, 4) is 11.8 Å². The first-order chi connectivity index (χ1) is 10.0. The van der Waals surface area contributed by atoms with Gasteiger partial charge in [0.1, 0.15) is 5.82 Å². The van der Waals surface area contributed by atoms with E-state index in [2.05, 4.69) is 0 Å². The molecule has 0 heterocycles. The zero-order chi connectivity index (χ0) is 15.4. The zero-order valence-corrected chi connectivity index (χ0v) is 10.7. The van der Waals surface area contributed by atoms with Crippen LogP contribution < -0.4 is 0 Å². The number of nitro groups is 1. The Hall–Kier alpha value is -3.20. The normalized spacial score (nSPS) is 11.0. The van der Waals surface area contributed by atoms with Crippen molar-refractivity contribution in [2.24, 2.45) is 0 Å². The van der Waals surface area contributed by atoms with Crippen LogP contribution in [0.25, 0.3) is 11.6 Å². The predicted molar refractivity (Wildman–Crippen MR) is 74.6 cm³/mol. The summed E-state index contributed by atoms with van der Waals surface area (Å²) in [5.41, 5.74) is 0.671. The second-order valence-corrected chi connectivity index (χ2v) is 4.18. The molecule has 6 heteroatoms. The predicted octanol–water partition coefficient (Wildman–Crippen LogP) is 3.50. The van der Waals surface area contributed by atoms with Gasteiger partial charge in [-0.25, -0.2) is 4.39 Å². The Labute approximate surface area is 119 Å². The van der Waals surface area contributed by atoms with Crippen LogP contribution >= 0.6 is 0 Å². The molecule has 2 rings (SSSR count). The zero-order valence-electron chi connectivity index (χ0n) is 10.7. The lowest BCUT2D eigenvalue weighted by atomic mass is 10.0. The van der Waals surface area contributed by atoms with Gasteiger partial charge in [-0.3, -0.25) is 10.1 Å². The molecule has 0 saturated carbocycles. The summed E-state index contributed by atoms with van der Waals surface area (Å²) in [6.45, 7) is 0. The van der Waals surface area contributed by atoms with E-state index in [1.807, 2.05) is 6.07 Å². The average molecular weight is 284 g/mol. The van der Waals surface area contributed by atoms with Crippen LogP contribution in [0.2, 0.25) is 0 Å². The highest BCUT2D eigenvalue weighted by atomic mass is 19.1. The van der Waals surface area contributed by atoms with Gasteiger partial charge in [0.2, 0.25) is 0 Å². The van der Waals surface area contributed by atoms with Crippen LogP contribution in [0.5, 0.6) is 5.75 Å². The Balaban J connectivity index is 2.46. The van der Waals surface area contributed by atoms with Gasteiger partial charge in [0.25, 0.3) is 0 Å². The van der Waals surface area contributed by atoms with Crippen molar-refractivity contribution < 1.29 is 14.4 Å². The Bertz CT molecular complexity index is 761. The summed E-state index contributed by atoms with van der Waals surface area (Å²) in [7, 11) is 0. The van der Waals surface area contributed by atoms with Gasteiger partial charge in [0.05, 0.1) is 16.6 Å². The minimum absolute atomic E-state index is 0.231. The molecule has 2 aromatic rings. The number of rotatable bonds is 3. The van der Waals surface area contributed by atoms with E-state index in [9.17, 15) is 19.6 Å². The molecule has 0 aromatic heterocycles. The highest BCUT2D eigenvalue weighted by Crippen LogP contribution is 2.28. The van der Waals surface area contributed by atoms with Gasteiger partial charge >= 0.3 is 5.69 Å². The largest absolute Gasteiger partial charge is 0.502 e. The van der Waals surface area contributed by atoms with Crippen LogP contribution in [0.4, 0.5) is 10.1 Å². The molecule has 0 aliphatic rings. The first kappa shape index (κ1) is 14.2. The Morgan fingerprint density at radius 2 is 1.95 bits per heavy atom. The van der Waals surface area contributed by atoms with E-state index in [1.165, 1.54) is 42.5 Å². The van der Waals surface area contributed by atoms with E-state index in [4.69, 9.17) is 5.26 Å². The molecule has 0 aliphatic heterocycles. The lowest BCUT2D eigenvalue weighted by Gasteiger charge is -2.01. The summed E-state index contributed by atoms with van der Waals surface area (Å²) in [6, 6.07) is 11.1. The van der Waals surface area contributed by atoms with Gasteiger partial charge < -0.3 is 5.11 Å². The van der Waals surface area contributed by atoms with Gasteiger partial charge in [0.15, 0.2) is 5.75 Å². The van der Waals surface area contributed by atoms with Crippen LogP contribution in [-0.4, -0.2) is 10.0 Å². The highest BCUT2D eigenvalue weighted by Gasteiger charge is 2.13. The monoisotopic (exact) mass is 284 g/mol. The molecule has 0 fully saturated rings. The van der Waals surface area contributed by atoms with Crippen LogP contribution in [-0.2, 0) is 0 Å². The molecule has 5 nitrogen and oxygen atoms in total. The number of nitriles is 1. The summed E-state index contributed by atoms with van der Waals surface area (Å²) in [4.78, 5) is 10.0. The second-order valence-electron chi connectivity index (χ2n) is 4.18. The molecule has 1 N–H and O–H groups in total. The van der Waals surface area contributed by atoms with Gasteiger partial charge in [-0.2, -0.15) is 5.26 Å². The molecule has 0 spiro atoms. The molecule has 0 bridgehead atoms. The van der Waals surface area contributed by atoms with Crippen LogP contribution in [0, 0.1) is 27.3 Å². The van der Waals surface area contributed by atoms with Crippen LogP contribution in [0.3, 0.4) is 0 Å². The maximum atomic E-state index is 12.9. The number of halogens is 1. The standard InChI is InChI=1S/C15H9FN2O3/c16-13-4-2-11(3-5-13)12(9-17)7-10-1-6-15(19)14(8-10)18(20)21/h1-8,19H/b12-7-. The van der Waals surface area contributed by atoms with E-state index in [1.54, 1.807) is 0 Å². The van der Waals surface area contributed by atoms with Crippen molar-refractivity contribution in [3.05, 3.63) is 69.5 Å². The summed E-state index contributed by atoms with van der Waals surface area (Å²) in [6.07, 6.45) is 1.43. The van der Waals surface area contributed by atoms with E-state index < -0.39 is 22.2 Å². The van der Waals surface area contributed by atoms with Crippen LogP contribution in [0.1, 0.15) is 11.1 Å². The molecule has 2 aromatic carbocycles. The maximum absolute atomic E-state index is 12.9. The van der Waals surface area contributed by atoms with Crippen molar-refractivity contribution in [3.63, 3.8) is 0 Å². The Kier molecular flexibility index (Phi) is 3.95. The van der Waals surface area contributed by atoms with E-state index in [0.717, 1.165) is 6.07 Å². The molecule has 104 valence electrons. The molecule has 0 radical (unpaired) electrons. The third-order valence-corrected chi connectivity index (χ3v) is 2.78. The fraction of sp³-hybridized carbons (Fsp3) is 0. The van der Waals surface area contributed by atoms with Crippen molar-refractivity contribution in [2.45, 2.75) is 0 Å². The fourth-order valence-corrected chi connectivity index (χ4v) is 1.75. The molecule has 0 aliphatic carbocycles. The first-order valence-electron chi connectivity index (χ1n) is 5.86. The fourth-order valence-electron chi connectivity index (χ4n) is 1.75. The number of aromatic hydroxyl groups is 1. The number of allylic oxidation sites excluding steroid dienone is 1. The Morgan fingerprint density at radius 3 is 2.52 bits per heavy atom. The number of phenolic OH excluding ortho intramolecular Hbond substituents is 1. The van der Waals surface area contributed by atoms with Crippen molar-refractivity contribution in [1.82, 2.24) is 0 Å². The number of hydrogen-bond acceptors (Lipinski definition) is 4. The number of phenols is 1. The molecule has 0 atom stereocenters.